The molecule has 0 aliphatic carbocycles. The molecule has 0 fully saturated rings. The number of halogens is 1. The monoisotopic (exact) mass is 433 g/mol. The lowest BCUT2D eigenvalue weighted by molar-refractivity contribution is -0.119. The number of aryl methyl sites for hydroxylation is 3. The van der Waals surface area contributed by atoms with Gasteiger partial charge >= 0.3 is 5.97 Å². The highest BCUT2D eigenvalue weighted by Gasteiger charge is 2.24. The molecule has 2 rings (SSSR count). The molecule has 0 aliphatic heterocycles. The average Bonchev–Trinajstić information content (AvgIpc) is 2.68. The number of Topliss-reactive ketones (excluding diaryl/α,β-unsaturated/α-hetero) is 1. The minimum Gasteiger partial charge on any atom is -0.493 e. The molecule has 0 aromatic heterocycles. The van der Waals surface area contributed by atoms with E-state index in [1.807, 2.05) is 26.8 Å². The fraction of sp³-hybridized carbons (Fsp3) is 0.318. The summed E-state index contributed by atoms with van der Waals surface area (Å²) >= 11 is 6.16. The van der Waals surface area contributed by atoms with E-state index in [-0.39, 0.29) is 27.9 Å². The van der Waals surface area contributed by atoms with Crippen LogP contribution in [0.15, 0.2) is 24.3 Å². The van der Waals surface area contributed by atoms with Crippen molar-refractivity contribution in [1.29, 1.82) is 0 Å². The van der Waals surface area contributed by atoms with Crippen molar-refractivity contribution in [3.63, 3.8) is 0 Å². The zero-order valence-corrected chi connectivity index (χ0v) is 18.3. The number of hydrogen-bond acceptors (Lipinski definition) is 6. The van der Waals surface area contributed by atoms with Crippen LogP contribution in [0.2, 0.25) is 5.02 Å². The molecule has 0 bridgehead atoms. The third-order valence-corrected chi connectivity index (χ3v) is 4.86. The van der Waals surface area contributed by atoms with Crippen LogP contribution < -0.4 is 15.2 Å². The number of rotatable bonds is 8. The normalized spacial score (nSPS) is 11.5. The van der Waals surface area contributed by atoms with Crippen molar-refractivity contribution < 1.29 is 28.6 Å². The maximum Gasteiger partial charge on any atom is 0.339 e. The Labute approximate surface area is 180 Å². The lowest BCUT2D eigenvalue weighted by Crippen LogP contribution is -2.25. The van der Waals surface area contributed by atoms with E-state index in [2.05, 4.69) is 0 Å². The Hall–Kier alpha value is -3.06. The molecule has 8 heteroatoms. The first-order chi connectivity index (χ1) is 14.0. The van der Waals surface area contributed by atoms with Crippen LogP contribution in [-0.4, -0.2) is 37.5 Å². The second kappa shape index (κ2) is 9.63. The summed E-state index contributed by atoms with van der Waals surface area (Å²) in [6.45, 7) is 6.83. The summed E-state index contributed by atoms with van der Waals surface area (Å²) in [6.07, 6.45) is -1.01. The molecule has 1 amide bonds. The van der Waals surface area contributed by atoms with Gasteiger partial charge in [-0.15, -0.1) is 0 Å². The molecule has 7 nitrogen and oxygen atoms in total. The zero-order valence-electron chi connectivity index (χ0n) is 17.5. The smallest absolute Gasteiger partial charge is 0.339 e. The van der Waals surface area contributed by atoms with Crippen molar-refractivity contribution in [3.05, 3.63) is 57.1 Å². The highest BCUT2D eigenvalue weighted by Crippen LogP contribution is 2.36. The standard InChI is InChI=1S/C22H24ClNO6/c1-11-6-13(3)16(7-12(11)2)20(26)14(4)30-22(27)15-8-17(23)21(18(9-15)28-5)29-10-19(24)25/h6-9,14H,10H2,1-5H3,(H2,24,25). The molecule has 2 aromatic carbocycles. The van der Waals surface area contributed by atoms with E-state index in [4.69, 9.17) is 31.5 Å². The van der Waals surface area contributed by atoms with Gasteiger partial charge in [-0.2, -0.15) is 0 Å². The Balaban J connectivity index is 2.22. The van der Waals surface area contributed by atoms with E-state index in [0.29, 0.717) is 5.56 Å². The molecule has 0 heterocycles. The van der Waals surface area contributed by atoms with E-state index >= 15 is 0 Å². The van der Waals surface area contributed by atoms with Gasteiger partial charge in [0.25, 0.3) is 5.91 Å². The number of esters is 1. The number of carbonyl (C=O) groups is 3. The van der Waals surface area contributed by atoms with Gasteiger partial charge in [0.15, 0.2) is 24.2 Å². The summed E-state index contributed by atoms with van der Waals surface area (Å²) in [5.74, 6) is -1.54. The number of ether oxygens (including phenoxy) is 3. The van der Waals surface area contributed by atoms with Gasteiger partial charge in [-0.1, -0.05) is 17.7 Å². The highest BCUT2D eigenvalue weighted by molar-refractivity contribution is 6.32. The molecular formula is C22H24ClNO6. The zero-order chi connectivity index (χ0) is 22.6. The molecule has 0 aliphatic rings. The molecule has 30 heavy (non-hydrogen) atoms. The van der Waals surface area contributed by atoms with E-state index in [0.717, 1.165) is 16.7 Å². The minimum absolute atomic E-state index is 0.0338. The fourth-order valence-corrected chi connectivity index (χ4v) is 3.11. The number of hydrogen-bond donors (Lipinski definition) is 1. The molecular weight excluding hydrogens is 410 g/mol. The highest BCUT2D eigenvalue weighted by atomic mass is 35.5. The summed E-state index contributed by atoms with van der Waals surface area (Å²) < 4.78 is 15.8. The maximum absolute atomic E-state index is 12.8. The molecule has 0 saturated heterocycles. The first-order valence-corrected chi connectivity index (χ1v) is 9.54. The fourth-order valence-electron chi connectivity index (χ4n) is 2.85. The van der Waals surface area contributed by atoms with E-state index in [1.54, 1.807) is 6.07 Å². The van der Waals surface area contributed by atoms with Gasteiger partial charge in [0.05, 0.1) is 17.7 Å². The number of primary amides is 1. The summed E-state index contributed by atoms with van der Waals surface area (Å²) in [5.41, 5.74) is 8.51. The van der Waals surface area contributed by atoms with Crippen molar-refractivity contribution in [1.82, 2.24) is 0 Å². The van der Waals surface area contributed by atoms with Crippen LogP contribution in [0.25, 0.3) is 0 Å². The predicted octanol–water partition coefficient (Wildman–Crippen LogP) is 3.57. The van der Waals surface area contributed by atoms with Crippen LogP contribution >= 0.6 is 11.6 Å². The molecule has 1 atom stereocenters. The van der Waals surface area contributed by atoms with Gasteiger partial charge in [0.2, 0.25) is 5.78 Å². The Morgan fingerprint density at radius 2 is 1.67 bits per heavy atom. The van der Waals surface area contributed by atoms with Gasteiger partial charge in [-0.3, -0.25) is 9.59 Å². The molecule has 2 N–H and O–H groups in total. The Bertz CT molecular complexity index is 1000. The van der Waals surface area contributed by atoms with Crippen molar-refractivity contribution in [2.75, 3.05) is 13.7 Å². The van der Waals surface area contributed by atoms with Gasteiger partial charge in [-0.05, 0) is 62.6 Å². The number of nitrogens with two attached hydrogens (primary N) is 1. The van der Waals surface area contributed by atoms with Crippen LogP contribution in [-0.2, 0) is 9.53 Å². The van der Waals surface area contributed by atoms with E-state index in [1.165, 1.54) is 26.2 Å². The third-order valence-electron chi connectivity index (χ3n) is 4.58. The topological polar surface area (TPSA) is 105 Å². The molecule has 0 saturated carbocycles. The predicted molar refractivity (Wildman–Crippen MR) is 113 cm³/mol. The summed E-state index contributed by atoms with van der Waals surface area (Å²) in [6, 6.07) is 6.37. The number of ketones is 1. The minimum atomic E-state index is -1.01. The van der Waals surface area contributed by atoms with Crippen LogP contribution in [0.5, 0.6) is 11.5 Å². The van der Waals surface area contributed by atoms with Gasteiger partial charge in [-0.25, -0.2) is 4.79 Å². The second-order valence-electron chi connectivity index (χ2n) is 6.91. The summed E-state index contributed by atoms with van der Waals surface area (Å²) in [5, 5.41) is 0.0338. The van der Waals surface area contributed by atoms with Crippen molar-refractivity contribution in [2.24, 2.45) is 5.73 Å². The number of methoxy groups -OCH3 is 1. The third kappa shape index (κ3) is 5.30. The maximum atomic E-state index is 12.8. The van der Waals surface area contributed by atoms with E-state index in [9.17, 15) is 14.4 Å². The molecule has 160 valence electrons. The van der Waals surface area contributed by atoms with Gasteiger partial charge < -0.3 is 19.9 Å². The van der Waals surface area contributed by atoms with Crippen molar-refractivity contribution >= 4 is 29.3 Å². The summed E-state index contributed by atoms with van der Waals surface area (Å²) in [7, 11) is 1.35. The first kappa shape index (κ1) is 23.2. The first-order valence-electron chi connectivity index (χ1n) is 9.16. The Morgan fingerprint density at radius 3 is 2.27 bits per heavy atom. The Morgan fingerprint density at radius 1 is 1.03 bits per heavy atom. The SMILES string of the molecule is COc1cc(C(=O)OC(C)C(=O)c2cc(C)c(C)cc2C)cc(Cl)c1OCC(N)=O. The van der Waals surface area contributed by atoms with Crippen molar-refractivity contribution in [2.45, 2.75) is 33.8 Å². The molecule has 1 unspecified atom stereocenters. The van der Waals surface area contributed by atoms with Crippen LogP contribution in [0, 0.1) is 20.8 Å². The molecule has 2 aromatic rings. The quantitative estimate of drug-likeness (QED) is 0.504. The number of benzene rings is 2. The van der Waals surface area contributed by atoms with Crippen LogP contribution in [0.3, 0.4) is 0 Å². The summed E-state index contributed by atoms with van der Waals surface area (Å²) in [4.78, 5) is 36.3. The number of amides is 1. The lowest BCUT2D eigenvalue weighted by Gasteiger charge is -2.16. The largest absolute Gasteiger partial charge is 0.493 e. The van der Waals surface area contributed by atoms with Crippen molar-refractivity contribution in [3.8, 4) is 11.5 Å². The molecule has 0 radical (unpaired) electrons. The van der Waals surface area contributed by atoms with Gasteiger partial charge in [0, 0.05) is 5.56 Å². The Kier molecular flexibility index (Phi) is 7.45. The molecule has 0 spiro atoms. The lowest BCUT2D eigenvalue weighted by atomic mass is 9.96. The average molecular weight is 434 g/mol. The van der Waals surface area contributed by atoms with Crippen LogP contribution in [0.1, 0.15) is 44.3 Å². The van der Waals surface area contributed by atoms with E-state index < -0.39 is 24.6 Å². The number of carbonyl (C=O) groups excluding carboxylic acids is 3. The second-order valence-corrected chi connectivity index (χ2v) is 7.31. The van der Waals surface area contributed by atoms with Crippen LogP contribution in [0.4, 0.5) is 0 Å². The van der Waals surface area contributed by atoms with Gasteiger partial charge in [0.1, 0.15) is 0 Å².